The van der Waals surface area contributed by atoms with Gasteiger partial charge in [-0.15, -0.1) is 0 Å². The summed E-state index contributed by atoms with van der Waals surface area (Å²) in [5.74, 6) is -2.15. The van der Waals surface area contributed by atoms with Crippen LogP contribution < -0.4 is 10.3 Å². The predicted molar refractivity (Wildman–Crippen MR) is 78.2 cm³/mol. The number of carbonyl (C=O) groups is 2. The molecule has 6 heteroatoms. The number of carbonyl (C=O) groups excluding carboxylic acids is 2. The van der Waals surface area contributed by atoms with Crippen molar-refractivity contribution in [3.63, 3.8) is 0 Å². The van der Waals surface area contributed by atoms with Crippen molar-refractivity contribution >= 4 is 11.9 Å². The van der Waals surface area contributed by atoms with Crippen molar-refractivity contribution in [2.45, 2.75) is 12.8 Å². The first-order chi connectivity index (χ1) is 10.5. The molecule has 22 heavy (non-hydrogen) atoms. The molecule has 1 aromatic rings. The number of methoxy groups -OCH3 is 2. The number of hydrogen-bond acceptors (Lipinski definition) is 5. The van der Waals surface area contributed by atoms with E-state index in [9.17, 15) is 9.59 Å². The topological polar surface area (TPSA) is 78.8 Å². The quantitative estimate of drug-likeness (QED) is 0.841. The summed E-state index contributed by atoms with van der Waals surface area (Å²) < 4.78 is 9.77. The van der Waals surface area contributed by atoms with Gasteiger partial charge in [-0.1, -0.05) is 6.58 Å². The molecular weight excluding hydrogens is 284 g/mol. The Morgan fingerprint density at radius 1 is 1.23 bits per heavy atom. The maximum atomic E-state index is 12.2. The van der Waals surface area contributed by atoms with Gasteiger partial charge in [0.2, 0.25) is 0 Å². The van der Waals surface area contributed by atoms with Gasteiger partial charge in [-0.05, 0) is 12.5 Å². The molecule has 0 radical (unpaired) electrons. The molecule has 1 aliphatic heterocycles. The third-order valence-electron chi connectivity index (χ3n) is 3.74. The van der Waals surface area contributed by atoms with Crippen LogP contribution >= 0.6 is 0 Å². The first kappa shape index (κ1) is 15.8. The molecular formula is C16H19N2O4+. The van der Waals surface area contributed by atoms with Crippen LogP contribution in [0, 0.1) is 5.92 Å². The van der Waals surface area contributed by atoms with Gasteiger partial charge in [-0.3, -0.25) is 4.79 Å². The van der Waals surface area contributed by atoms with Gasteiger partial charge in [-0.2, -0.15) is 0 Å². The summed E-state index contributed by atoms with van der Waals surface area (Å²) in [5, 5.41) is 2.99. The number of ether oxygens (including phenoxy) is 2. The minimum Gasteiger partial charge on any atom is -0.468 e. The lowest BCUT2D eigenvalue weighted by Gasteiger charge is -2.34. The molecule has 1 aromatic heterocycles. The van der Waals surface area contributed by atoms with Crippen LogP contribution in [-0.4, -0.2) is 26.2 Å². The Labute approximate surface area is 128 Å². The summed E-state index contributed by atoms with van der Waals surface area (Å²) in [4.78, 5) is 27.4. The third kappa shape index (κ3) is 2.72. The van der Waals surface area contributed by atoms with Crippen LogP contribution in [0.1, 0.15) is 18.4 Å². The molecule has 2 atom stereocenters. The molecule has 0 saturated heterocycles. The Kier molecular flexibility index (Phi) is 4.60. The molecule has 2 rings (SSSR count). The zero-order valence-corrected chi connectivity index (χ0v) is 12.8. The van der Waals surface area contributed by atoms with Crippen LogP contribution in [0.2, 0.25) is 0 Å². The van der Waals surface area contributed by atoms with E-state index in [1.54, 1.807) is 19.3 Å². The van der Waals surface area contributed by atoms with Gasteiger partial charge < -0.3 is 14.8 Å². The molecule has 0 aromatic carbocycles. The maximum Gasteiger partial charge on any atom is 0.336 e. The standard InChI is InChI=1S/C16H18N2O4/c1-9-12(15(19)21-3)14(11-5-7-17-8-6-11)13(10(2)18-9)16(20)22-4/h5-8,12,14,18H,1H2,2-4H3/p+1. The molecule has 0 saturated carbocycles. The van der Waals surface area contributed by atoms with Gasteiger partial charge in [0.1, 0.15) is 5.92 Å². The summed E-state index contributed by atoms with van der Waals surface area (Å²) in [6.07, 6.45) is 3.47. The van der Waals surface area contributed by atoms with Gasteiger partial charge in [0.15, 0.2) is 12.4 Å². The normalized spacial score (nSPS) is 21.1. The maximum absolute atomic E-state index is 12.2. The first-order valence-corrected chi connectivity index (χ1v) is 6.80. The van der Waals surface area contributed by atoms with E-state index < -0.39 is 23.8 Å². The van der Waals surface area contributed by atoms with Crippen molar-refractivity contribution in [1.82, 2.24) is 5.32 Å². The minimum absolute atomic E-state index is 0.400. The highest BCUT2D eigenvalue weighted by molar-refractivity contribution is 5.94. The zero-order chi connectivity index (χ0) is 16.3. The molecule has 0 fully saturated rings. The van der Waals surface area contributed by atoms with Crippen LogP contribution in [0.5, 0.6) is 0 Å². The molecule has 1 aliphatic rings. The lowest BCUT2D eigenvalue weighted by atomic mass is 9.76. The van der Waals surface area contributed by atoms with Crippen molar-refractivity contribution in [3.05, 3.63) is 53.6 Å². The lowest BCUT2D eigenvalue weighted by Crippen LogP contribution is -2.39. The molecule has 2 unspecified atom stereocenters. The van der Waals surface area contributed by atoms with E-state index in [1.165, 1.54) is 14.2 Å². The molecule has 6 nitrogen and oxygen atoms in total. The van der Waals surface area contributed by atoms with E-state index in [1.807, 2.05) is 12.1 Å². The minimum atomic E-state index is -0.704. The van der Waals surface area contributed by atoms with Crippen molar-refractivity contribution in [2.75, 3.05) is 14.2 Å². The van der Waals surface area contributed by atoms with Gasteiger partial charge in [-0.25, -0.2) is 9.78 Å². The van der Waals surface area contributed by atoms with E-state index >= 15 is 0 Å². The highest BCUT2D eigenvalue weighted by Crippen LogP contribution is 2.40. The van der Waals surface area contributed by atoms with Crippen LogP contribution in [0.3, 0.4) is 0 Å². The third-order valence-corrected chi connectivity index (χ3v) is 3.74. The molecule has 2 N–H and O–H groups in total. The number of nitrogens with one attached hydrogen (secondary N) is 2. The number of aromatic amines is 1. The van der Waals surface area contributed by atoms with Crippen LogP contribution in [-0.2, 0) is 19.1 Å². The summed E-state index contributed by atoms with van der Waals surface area (Å²) >= 11 is 0. The first-order valence-electron chi connectivity index (χ1n) is 6.80. The highest BCUT2D eigenvalue weighted by atomic mass is 16.5. The van der Waals surface area contributed by atoms with Crippen LogP contribution in [0.15, 0.2) is 48.1 Å². The fourth-order valence-corrected chi connectivity index (χ4v) is 2.75. The van der Waals surface area contributed by atoms with Gasteiger partial charge >= 0.3 is 11.9 Å². The Hall–Kier alpha value is -2.63. The fraction of sp³-hybridized carbons (Fsp3) is 0.312. The van der Waals surface area contributed by atoms with Crippen molar-refractivity contribution in [2.24, 2.45) is 5.92 Å². The van der Waals surface area contributed by atoms with E-state index in [0.717, 1.165) is 5.56 Å². The second-order valence-electron chi connectivity index (χ2n) is 4.99. The number of pyridine rings is 1. The van der Waals surface area contributed by atoms with E-state index in [-0.39, 0.29) is 0 Å². The van der Waals surface area contributed by atoms with E-state index in [0.29, 0.717) is 17.0 Å². The number of rotatable bonds is 3. The summed E-state index contributed by atoms with van der Waals surface area (Å²) in [7, 11) is 2.63. The molecule has 2 heterocycles. The number of esters is 2. The second-order valence-corrected chi connectivity index (χ2v) is 4.99. The Bertz CT molecular complexity index is 637. The van der Waals surface area contributed by atoms with Gasteiger partial charge in [0.05, 0.1) is 19.8 Å². The molecule has 0 amide bonds. The highest BCUT2D eigenvalue weighted by Gasteiger charge is 2.42. The van der Waals surface area contributed by atoms with E-state index in [2.05, 4.69) is 16.9 Å². The summed E-state index contributed by atoms with van der Waals surface area (Å²) in [5.41, 5.74) is 2.32. The number of H-pyrrole nitrogens is 1. The second kappa shape index (κ2) is 6.43. The zero-order valence-electron chi connectivity index (χ0n) is 12.8. The molecule has 0 aliphatic carbocycles. The van der Waals surface area contributed by atoms with Crippen molar-refractivity contribution in [1.29, 1.82) is 0 Å². The number of aromatic nitrogens is 1. The molecule has 0 spiro atoms. The van der Waals surface area contributed by atoms with Gasteiger partial charge in [0.25, 0.3) is 0 Å². The summed E-state index contributed by atoms with van der Waals surface area (Å²) in [6.45, 7) is 5.66. The fourth-order valence-electron chi connectivity index (χ4n) is 2.75. The smallest absolute Gasteiger partial charge is 0.336 e. The molecule has 0 bridgehead atoms. The average Bonchev–Trinajstić information content (AvgIpc) is 2.53. The van der Waals surface area contributed by atoms with E-state index in [4.69, 9.17) is 9.47 Å². The monoisotopic (exact) mass is 303 g/mol. The van der Waals surface area contributed by atoms with Crippen LogP contribution in [0.25, 0.3) is 0 Å². The SMILES string of the molecule is C=C1NC(C)=C(C(=O)OC)C(c2cc[nH+]cc2)C1C(=O)OC. The van der Waals surface area contributed by atoms with Gasteiger partial charge in [0, 0.05) is 29.4 Å². The Morgan fingerprint density at radius 3 is 2.41 bits per heavy atom. The molecule has 116 valence electrons. The number of hydrogen-bond donors (Lipinski definition) is 1. The largest absolute Gasteiger partial charge is 0.468 e. The Morgan fingerprint density at radius 2 is 1.86 bits per heavy atom. The summed E-state index contributed by atoms with van der Waals surface area (Å²) in [6, 6.07) is 3.63. The van der Waals surface area contributed by atoms with Crippen molar-refractivity contribution in [3.8, 4) is 0 Å². The number of allylic oxidation sites excluding steroid dienone is 1. The van der Waals surface area contributed by atoms with Crippen molar-refractivity contribution < 1.29 is 24.0 Å². The Balaban J connectivity index is 2.63. The average molecular weight is 303 g/mol. The van der Waals surface area contributed by atoms with Crippen LogP contribution in [0.4, 0.5) is 0 Å². The predicted octanol–water partition coefficient (Wildman–Crippen LogP) is 0.937. The lowest BCUT2D eigenvalue weighted by molar-refractivity contribution is -0.378.